The van der Waals surface area contributed by atoms with Crippen LogP contribution >= 0.6 is 0 Å². The molecule has 1 aromatic heterocycles. The molecular formula is C26H14F12N4. The van der Waals surface area contributed by atoms with Gasteiger partial charge in [-0.1, -0.05) is 6.07 Å². The van der Waals surface area contributed by atoms with Gasteiger partial charge in [-0.25, -0.2) is 9.98 Å². The summed E-state index contributed by atoms with van der Waals surface area (Å²) in [6.07, 6.45) is -19.7. The molecule has 4 nitrogen and oxygen atoms in total. The Kier molecular flexibility index (Phi) is 7.78. The van der Waals surface area contributed by atoms with Crippen molar-refractivity contribution < 1.29 is 52.7 Å². The number of aromatic nitrogens is 1. The van der Waals surface area contributed by atoms with Crippen LogP contribution in [0.5, 0.6) is 0 Å². The number of benzene rings is 3. The van der Waals surface area contributed by atoms with Crippen molar-refractivity contribution in [2.45, 2.75) is 24.7 Å². The fourth-order valence-electron chi connectivity index (χ4n) is 3.64. The molecule has 42 heavy (non-hydrogen) atoms. The van der Waals surface area contributed by atoms with Gasteiger partial charge in [-0.05, 0) is 66.7 Å². The van der Waals surface area contributed by atoms with Gasteiger partial charge in [0.05, 0.1) is 27.9 Å². The number of hydrogen-bond donors (Lipinski definition) is 2. The predicted octanol–water partition coefficient (Wildman–Crippen LogP) is 9.52. The van der Waals surface area contributed by atoms with E-state index in [4.69, 9.17) is 0 Å². The molecule has 0 radical (unpaired) electrons. The van der Waals surface area contributed by atoms with Crippen LogP contribution in [0.15, 0.2) is 77.8 Å². The summed E-state index contributed by atoms with van der Waals surface area (Å²) in [5.41, 5.74) is -6.36. The lowest BCUT2D eigenvalue weighted by Gasteiger charge is -2.16. The Morgan fingerprint density at radius 1 is 0.548 bits per heavy atom. The Morgan fingerprint density at radius 2 is 1.05 bits per heavy atom. The number of pyridine rings is 1. The quantitative estimate of drug-likeness (QED) is 0.138. The number of guanidine groups is 1. The average Bonchev–Trinajstić information content (AvgIpc) is 2.86. The minimum atomic E-state index is -5.21. The second kappa shape index (κ2) is 10.7. The summed E-state index contributed by atoms with van der Waals surface area (Å²) < 4.78 is 158. The van der Waals surface area contributed by atoms with E-state index in [0.29, 0.717) is 12.1 Å². The Balaban J connectivity index is 1.76. The number of rotatable bonds is 3. The summed E-state index contributed by atoms with van der Waals surface area (Å²) in [7, 11) is 0. The molecule has 0 aliphatic heterocycles. The smallest absolute Gasteiger partial charge is 0.326 e. The van der Waals surface area contributed by atoms with Gasteiger partial charge in [0.2, 0.25) is 5.96 Å². The number of hydrogen-bond acceptors (Lipinski definition) is 2. The summed E-state index contributed by atoms with van der Waals surface area (Å²) in [6, 6.07) is 9.38. The molecule has 2 N–H and O–H groups in total. The van der Waals surface area contributed by atoms with Crippen molar-refractivity contribution in [1.82, 2.24) is 4.98 Å². The van der Waals surface area contributed by atoms with Crippen molar-refractivity contribution in [1.29, 1.82) is 0 Å². The van der Waals surface area contributed by atoms with Crippen molar-refractivity contribution in [3.8, 4) is 0 Å². The summed E-state index contributed by atoms with van der Waals surface area (Å²) in [5.74, 6) is -0.350. The van der Waals surface area contributed by atoms with E-state index in [2.05, 4.69) is 20.6 Å². The van der Waals surface area contributed by atoms with E-state index in [9.17, 15) is 52.7 Å². The van der Waals surface area contributed by atoms with Crippen LogP contribution in [-0.2, 0) is 24.7 Å². The third-order valence-corrected chi connectivity index (χ3v) is 5.58. The van der Waals surface area contributed by atoms with Crippen LogP contribution in [0.25, 0.3) is 10.9 Å². The highest BCUT2D eigenvalue weighted by Crippen LogP contribution is 2.39. The number of nitrogens with zero attached hydrogens (tertiary/aromatic N) is 2. The van der Waals surface area contributed by atoms with Gasteiger partial charge in [0.25, 0.3) is 0 Å². The fourth-order valence-corrected chi connectivity index (χ4v) is 3.64. The predicted molar refractivity (Wildman–Crippen MR) is 129 cm³/mol. The maximum absolute atomic E-state index is 13.5. The third-order valence-electron chi connectivity index (χ3n) is 5.58. The van der Waals surface area contributed by atoms with Gasteiger partial charge < -0.3 is 10.6 Å². The second-order valence-corrected chi connectivity index (χ2v) is 8.61. The molecule has 0 aliphatic carbocycles. The molecule has 0 aliphatic rings. The van der Waals surface area contributed by atoms with Crippen LogP contribution in [0.2, 0.25) is 0 Å². The number of anilines is 2. The molecular weight excluding hydrogens is 596 g/mol. The minimum Gasteiger partial charge on any atom is -0.326 e. The minimum absolute atomic E-state index is 0.00112. The van der Waals surface area contributed by atoms with E-state index >= 15 is 0 Å². The lowest BCUT2D eigenvalue weighted by atomic mass is 10.1. The molecule has 1 heterocycles. The van der Waals surface area contributed by atoms with Gasteiger partial charge in [0, 0.05) is 16.8 Å². The van der Waals surface area contributed by atoms with Crippen molar-refractivity contribution in [3.63, 3.8) is 0 Å². The van der Waals surface area contributed by atoms with Crippen molar-refractivity contribution in [3.05, 3.63) is 95.2 Å². The molecule has 4 rings (SSSR count). The lowest BCUT2D eigenvalue weighted by molar-refractivity contribution is -0.145. The Morgan fingerprint density at radius 3 is 1.55 bits per heavy atom. The molecule has 0 saturated heterocycles. The summed E-state index contributed by atoms with van der Waals surface area (Å²) in [5, 5.41) is 4.50. The molecule has 4 aromatic rings. The second-order valence-electron chi connectivity index (χ2n) is 8.61. The van der Waals surface area contributed by atoms with Crippen LogP contribution in [0, 0.1) is 0 Å². The van der Waals surface area contributed by atoms with E-state index in [-0.39, 0.29) is 29.1 Å². The third kappa shape index (κ3) is 7.22. The van der Waals surface area contributed by atoms with E-state index in [1.807, 2.05) is 0 Å². The van der Waals surface area contributed by atoms with Gasteiger partial charge in [0.15, 0.2) is 0 Å². The summed E-state index contributed by atoms with van der Waals surface area (Å²) >= 11 is 0. The first kappa shape index (κ1) is 30.5. The largest absolute Gasteiger partial charge is 0.433 e. The van der Waals surface area contributed by atoms with Crippen LogP contribution < -0.4 is 10.6 Å². The number of halogens is 12. The van der Waals surface area contributed by atoms with E-state index in [1.54, 1.807) is 0 Å². The van der Waals surface area contributed by atoms with Gasteiger partial charge >= 0.3 is 24.7 Å². The molecule has 0 spiro atoms. The van der Waals surface area contributed by atoms with Crippen LogP contribution in [-0.4, -0.2) is 10.9 Å². The fraction of sp³-hybridized carbons (Fsp3) is 0.154. The van der Waals surface area contributed by atoms with Crippen LogP contribution in [0.3, 0.4) is 0 Å². The SMILES string of the molecule is FC(F)(F)c1ccc(N=C(Nc2ccc(C(F)(F)F)cc2)Nc2ccc3c(C(F)(F)F)cc(C(F)(F)F)nc3c2)cc1. The van der Waals surface area contributed by atoms with E-state index in [0.717, 1.165) is 54.6 Å². The zero-order chi connectivity index (χ0) is 31.1. The Labute approximate surface area is 227 Å². The van der Waals surface area contributed by atoms with Gasteiger partial charge in [-0.15, -0.1) is 0 Å². The van der Waals surface area contributed by atoms with Crippen LogP contribution in [0.4, 0.5) is 69.7 Å². The average molecular weight is 610 g/mol. The maximum Gasteiger partial charge on any atom is 0.433 e. The molecule has 222 valence electrons. The highest BCUT2D eigenvalue weighted by molar-refractivity contribution is 6.05. The van der Waals surface area contributed by atoms with Gasteiger partial charge in [0.1, 0.15) is 5.69 Å². The highest BCUT2D eigenvalue weighted by atomic mass is 19.4. The van der Waals surface area contributed by atoms with Gasteiger partial charge in [-0.3, -0.25) is 0 Å². The number of nitrogens with one attached hydrogen (secondary N) is 2. The monoisotopic (exact) mass is 610 g/mol. The normalized spacial score (nSPS) is 13.4. The standard InChI is InChI=1S/C26H14F12N4/c27-23(28,29)13-1-5-15(6-2-13)39-22(40-16-7-3-14(4-8-16)24(30,31)32)41-17-9-10-18-19(25(33,34)35)12-21(26(36,37)38)42-20(18)11-17/h1-12H,(H2,39,40,41). The number of fused-ring (bicyclic) bond motifs is 1. The molecule has 0 amide bonds. The molecule has 0 bridgehead atoms. The van der Waals surface area contributed by atoms with Crippen molar-refractivity contribution >= 4 is 33.9 Å². The van der Waals surface area contributed by atoms with Crippen molar-refractivity contribution in [2.24, 2.45) is 4.99 Å². The summed E-state index contributed by atoms with van der Waals surface area (Å²) in [4.78, 5) is 7.35. The molecule has 16 heteroatoms. The summed E-state index contributed by atoms with van der Waals surface area (Å²) in [6.45, 7) is 0. The first-order chi connectivity index (χ1) is 19.3. The zero-order valence-electron chi connectivity index (χ0n) is 20.4. The lowest BCUT2D eigenvalue weighted by Crippen LogP contribution is -2.22. The topological polar surface area (TPSA) is 49.3 Å². The zero-order valence-corrected chi connectivity index (χ0v) is 20.4. The Bertz CT molecular complexity index is 1600. The van der Waals surface area contributed by atoms with E-state index < -0.39 is 58.0 Å². The first-order valence-electron chi connectivity index (χ1n) is 11.4. The molecule has 0 saturated carbocycles. The number of alkyl halides is 12. The van der Waals surface area contributed by atoms with E-state index in [1.165, 1.54) is 0 Å². The number of aliphatic imine (C=N–C) groups is 1. The molecule has 3 aromatic carbocycles. The first-order valence-corrected chi connectivity index (χ1v) is 11.4. The molecule has 0 fully saturated rings. The van der Waals surface area contributed by atoms with Gasteiger partial charge in [-0.2, -0.15) is 52.7 Å². The highest BCUT2D eigenvalue weighted by Gasteiger charge is 2.39. The molecule has 0 atom stereocenters. The van der Waals surface area contributed by atoms with Crippen LogP contribution in [0.1, 0.15) is 22.4 Å². The molecule has 0 unspecified atom stereocenters. The Hall–Kier alpha value is -4.50. The maximum atomic E-state index is 13.5. The van der Waals surface area contributed by atoms with Crippen molar-refractivity contribution in [2.75, 3.05) is 10.6 Å².